The molecule has 1 atom stereocenters. The Kier molecular flexibility index (Phi) is 5.19. The van der Waals surface area contributed by atoms with Crippen LogP contribution in [0.2, 0.25) is 23.2 Å². The monoisotopic (exact) mass is 325 g/mol. The van der Waals surface area contributed by atoms with E-state index in [0.717, 1.165) is 11.6 Å². The fourth-order valence-electron chi connectivity index (χ4n) is 2.00. The van der Waals surface area contributed by atoms with Crippen molar-refractivity contribution in [3.05, 3.63) is 34.9 Å². The summed E-state index contributed by atoms with van der Waals surface area (Å²) in [6.07, 6.45) is 2.71. The summed E-state index contributed by atoms with van der Waals surface area (Å²) in [5, 5.41) is 4.61. The van der Waals surface area contributed by atoms with Gasteiger partial charge in [-0.05, 0) is 48.7 Å². The Morgan fingerprint density at radius 1 is 1.24 bits per heavy atom. The molecule has 21 heavy (non-hydrogen) atoms. The first-order chi connectivity index (χ1) is 9.69. The minimum atomic E-state index is -1.79. The molecule has 1 saturated carbocycles. The van der Waals surface area contributed by atoms with Crippen molar-refractivity contribution in [2.24, 2.45) is 0 Å². The quantitative estimate of drug-likeness (QED) is 0.730. The van der Waals surface area contributed by atoms with Crippen LogP contribution < -0.4 is 5.32 Å². The maximum atomic E-state index is 6.64. The molecule has 0 bridgehead atoms. The summed E-state index contributed by atoms with van der Waals surface area (Å²) >= 11 is 6.01. The van der Waals surface area contributed by atoms with Gasteiger partial charge in [0.1, 0.15) is 0 Å². The van der Waals surface area contributed by atoms with Crippen molar-refractivity contribution in [3.8, 4) is 0 Å². The van der Waals surface area contributed by atoms with E-state index in [-0.39, 0.29) is 11.1 Å². The van der Waals surface area contributed by atoms with Crippen LogP contribution in [0, 0.1) is 0 Å². The van der Waals surface area contributed by atoms with Crippen molar-refractivity contribution in [3.63, 3.8) is 0 Å². The lowest BCUT2D eigenvalue weighted by molar-refractivity contribution is 0.180. The van der Waals surface area contributed by atoms with Gasteiger partial charge < -0.3 is 9.74 Å². The molecule has 2 nitrogen and oxygen atoms in total. The lowest BCUT2D eigenvalue weighted by Gasteiger charge is -2.39. The van der Waals surface area contributed by atoms with Gasteiger partial charge in [-0.3, -0.25) is 0 Å². The molecule has 1 aliphatic carbocycles. The Morgan fingerprint density at radius 3 is 2.29 bits per heavy atom. The molecule has 1 aromatic carbocycles. The zero-order valence-electron chi connectivity index (χ0n) is 13.9. The average Bonchev–Trinajstić information content (AvgIpc) is 3.18. The molecule has 1 fully saturated rings. The van der Waals surface area contributed by atoms with E-state index in [2.05, 4.69) is 51.3 Å². The van der Waals surface area contributed by atoms with Crippen LogP contribution in [0.1, 0.15) is 45.3 Å². The molecule has 0 aromatic heterocycles. The predicted molar refractivity (Wildman–Crippen MR) is 93.5 cm³/mol. The van der Waals surface area contributed by atoms with Crippen LogP contribution in [0.25, 0.3) is 0 Å². The van der Waals surface area contributed by atoms with E-state index in [4.69, 9.17) is 16.0 Å². The molecule has 0 spiro atoms. The summed E-state index contributed by atoms with van der Waals surface area (Å²) in [5.41, 5.74) is 1.22. The highest BCUT2D eigenvalue weighted by atomic mass is 35.5. The SMILES string of the molecule is CC(C)(C)[Si](C)(C)OC(CNC1CC1)c1ccc(Cl)cc1. The molecule has 118 valence electrons. The number of rotatable bonds is 6. The van der Waals surface area contributed by atoms with Crippen molar-refractivity contribution in [1.29, 1.82) is 0 Å². The molecular weight excluding hydrogens is 298 g/mol. The minimum absolute atomic E-state index is 0.115. The van der Waals surface area contributed by atoms with Gasteiger partial charge in [-0.2, -0.15) is 0 Å². The molecular formula is C17H28ClNOSi. The van der Waals surface area contributed by atoms with E-state index >= 15 is 0 Å². The average molecular weight is 326 g/mol. The van der Waals surface area contributed by atoms with Gasteiger partial charge in [0.2, 0.25) is 0 Å². The zero-order valence-corrected chi connectivity index (χ0v) is 15.6. The number of benzene rings is 1. The van der Waals surface area contributed by atoms with Crippen LogP contribution >= 0.6 is 11.6 Å². The molecule has 0 aliphatic heterocycles. The normalized spacial score (nSPS) is 17.8. The van der Waals surface area contributed by atoms with E-state index in [1.54, 1.807) is 0 Å². The van der Waals surface area contributed by atoms with Gasteiger partial charge in [-0.1, -0.05) is 44.5 Å². The molecule has 1 aromatic rings. The van der Waals surface area contributed by atoms with Gasteiger partial charge >= 0.3 is 0 Å². The van der Waals surface area contributed by atoms with Crippen LogP contribution in [-0.2, 0) is 4.43 Å². The predicted octanol–water partition coefficient (Wildman–Crippen LogP) is 5.15. The van der Waals surface area contributed by atoms with Gasteiger partial charge in [-0.25, -0.2) is 0 Å². The van der Waals surface area contributed by atoms with Crippen molar-refractivity contribution < 1.29 is 4.43 Å². The van der Waals surface area contributed by atoms with Crippen LogP contribution in [-0.4, -0.2) is 20.9 Å². The van der Waals surface area contributed by atoms with Crippen LogP contribution in [0.15, 0.2) is 24.3 Å². The lowest BCUT2D eigenvalue weighted by atomic mass is 10.1. The summed E-state index contributed by atoms with van der Waals surface area (Å²) in [5.74, 6) is 0. The molecule has 0 heterocycles. The third-order valence-electron chi connectivity index (χ3n) is 4.65. The summed E-state index contributed by atoms with van der Waals surface area (Å²) in [4.78, 5) is 0. The van der Waals surface area contributed by atoms with Crippen LogP contribution in [0.5, 0.6) is 0 Å². The highest BCUT2D eigenvalue weighted by molar-refractivity contribution is 6.74. The van der Waals surface area contributed by atoms with Gasteiger partial charge in [0, 0.05) is 17.6 Å². The highest BCUT2D eigenvalue weighted by Gasteiger charge is 2.39. The van der Waals surface area contributed by atoms with Gasteiger partial charge in [0.05, 0.1) is 6.10 Å². The second kappa shape index (κ2) is 6.41. The maximum Gasteiger partial charge on any atom is 0.192 e. The molecule has 1 N–H and O–H groups in total. The standard InChI is InChI=1S/C17H28ClNOSi/c1-17(2,3)21(4,5)20-16(12-19-15-10-11-15)13-6-8-14(18)9-7-13/h6-9,15-16,19H,10-12H2,1-5H3. The lowest BCUT2D eigenvalue weighted by Crippen LogP contribution is -2.43. The smallest absolute Gasteiger partial charge is 0.192 e. The van der Waals surface area contributed by atoms with Crippen molar-refractivity contribution in [1.82, 2.24) is 5.32 Å². The van der Waals surface area contributed by atoms with Crippen molar-refractivity contribution >= 4 is 19.9 Å². The zero-order chi connectivity index (χ0) is 15.7. The Balaban J connectivity index is 2.12. The van der Waals surface area contributed by atoms with E-state index in [9.17, 15) is 0 Å². The van der Waals surface area contributed by atoms with Crippen molar-refractivity contribution in [2.75, 3.05) is 6.54 Å². The molecule has 2 rings (SSSR count). The fourth-order valence-corrected chi connectivity index (χ4v) is 3.41. The first-order valence-corrected chi connectivity index (χ1v) is 11.1. The molecule has 0 amide bonds. The second-order valence-corrected chi connectivity index (χ2v) is 12.8. The van der Waals surface area contributed by atoms with E-state index in [1.807, 2.05) is 12.1 Å². The van der Waals surface area contributed by atoms with Gasteiger partial charge in [0.15, 0.2) is 8.32 Å². The Morgan fingerprint density at radius 2 is 1.81 bits per heavy atom. The fraction of sp³-hybridized carbons (Fsp3) is 0.647. The largest absolute Gasteiger partial charge is 0.409 e. The van der Waals surface area contributed by atoms with E-state index in [1.165, 1.54) is 18.4 Å². The Labute approximate surface area is 135 Å². The molecule has 1 unspecified atom stereocenters. The molecule has 1 aliphatic rings. The number of halogens is 1. The van der Waals surface area contributed by atoms with Crippen LogP contribution in [0.4, 0.5) is 0 Å². The van der Waals surface area contributed by atoms with Gasteiger partial charge in [-0.15, -0.1) is 0 Å². The number of hydrogen-bond donors (Lipinski definition) is 1. The second-order valence-electron chi connectivity index (χ2n) is 7.60. The third kappa shape index (κ3) is 4.81. The maximum absolute atomic E-state index is 6.64. The summed E-state index contributed by atoms with van der Waals surface area (Å²) < 4.78 is 6.64. The minimum Gasteiger partial charge on any atom is -0.409 e. The van der Waals surface area contributed by atoms with Gasteiger partial charge in [0.25, 0.3) is 0 Å². The topological polar surface area (TPSA) is 21.3 Å². The van der Waals surface area contributed by atoms with Crippen LogP contribution in [0.3, 0.4) is 0 Å². The van der Waals surface area contributed by atoms with E-state index in [0.29, 0.717) is 6.04 Å². The highest BCUT2D eigenvalue weighted by Crippen LogP contribution is 2.39. The molecule has 0 radical (unpaired) electrons. The third-order valence-corrected chi connectivity index (χ3v) is 9.39. The first-order valence-electron chi connectivity index (χ1n) is 7.86. The molecule has 4 heteroatoms. The Bertz CT molecular complexity index is 463. The molecule has 0 saturated heterocycles. The van der Waals surface area contributed by atoms with Crippen molar-refractivity contribution in [2.45, 2.75) is 63.9 Å². The number of hydrogen-bond acceptors (Lipinski definition) is 2. The van der Waals surface area contributed by atoms with E-state index < -0.39 is 8.32 Å². The summed E-state index contributed by atoms with van der Waals surface area (Å²) in [6.45, 7) is 12.4. The first kappa shape index (κ1) is 17.0. The summed E-state index contributed by atoms with van der Waals surface area (Å²) in [6, 6.07) is 8.79. The summed E-state index contributed by atoms with van der Waals surface area (Å²) in [7, 11) is -1.79. The Hall–Kier alpha value is -0.353. The number of nitrogens with one attached hydrogen (secondary N) is 1.